The zero-order chi connectivity index (χ0) is 11.4. The fourth-order valence-corrected chi connectivity index (χ4v) is 2.29. The average molecular weight is 221 g/mol. The molecule has 3 nitrogen and oxygen atoms in total. The summed E-state index contributed by atoms with van der Waals surface area (Å²) in [5.41, 5.74) is 1.28. The largest absolute Gasteiger partial charge is 0.497 e. The fourth-order valence-electron chi connectivity index (χ4n) is 2.29. The number of benzene rings is 1. The lowest BCUT2D eigenvalue weighted by atomic mass is 9.89. The maximum absolute atomic E-state index is 5.42. The lowest BCUT2D eigenvalue weighted by Crippen LogP contribution is -2.26. The molecule has 3 heteroatoms. The maximum atomic E-state index is 5.42. The zero-order valence-electron chi connectivity index (χ0n) is 9.95. The van der Waals surface area contributed by atoms with E-state index >= 15 is 0 Å². The second-order valence-corrected chi connectivity index (χ2v) is 4.13. The first kappa shape index (κ1) is 11.3. The lowest BCUT2D eigenvalue weighted by Gasteiger charge is -2.24. The Kier molecular flexibility index (Phi) is 3.67. The third kappa shape index (κ3) is 2.30. The summed E-state index contributed by atoms with van der Waals surface area (Å²) in [6, 6.07) is 6.05. The normalized spacial score (nSPS) is 17.1. The Morgan fingerprint density at radius 2 is 1.88 bits per heavy atom. The third-order valence-corrected chi connectivity index (χ3v) is 3.22. The highest BCUT2D eigenvalue weighted by molar-refractivity contribution is 5.42. The van der Waals surface area contributed by atoms with E-state index in [4.69, 9.17) is 9.47 Å². The molecule has 0 aliphatic carbocycles. The quantitative estimate of drug-likeness (QED) is 0.848. The van der Waals surface area contributed by atoms with E-state index < -0.39 is 0 Å². The van der Waals surface area contributed by atoms with Gasteiger partial charge in [-0.1, -0.05) is 0 Å². The first-order chi connectivity index (χ1) is 7.85. The highest BCUT2D eigenvalue weighted by Gasteiger charge is 2.19. The van der Waals surface area contributed by atoms with Crippen LogP contribution < -0.4 is 14.8 Å². The maximum Gasteiger partial charge on any atom is 0.122 e. The summed E-state index contributed by atoms with van der Waals surface area (Å²) in [5.74, 6) is 2.48. The second-order valence-electron chi connectivity index (χ2n) is 4.13. The van der Waals surface area contributed by atoms with Crippen LogP contribution in [0.4, 0.5) is 0 Å². The Bertz CT molecular complexity index is 346. The molecule has 0 aromatic heterocycles. The van der Waals surface area contributed by atoms with Crippen LogP contribution in [-0.2, 0) is 0 Å². The number of rotatable bonds is 3. The van der Waals surface area contributed by atoms with Gasteiger partial charge in [-0.25, -0.2) is 0 Å². The topological polar surface area (TPSA) is 30.5 Å². The molecule has 0 radical (unpaired) electrons. The average Bonchev–Trinajstić information content (AvgIpc) is 2.39. The zero-order valence-corrected chi connectivity index (χ0v) is 9.95. The SMILES string of the molecule is COc1ccc(OC)c(C2CCNCC2)c1. The van der Waals surface area contributed by atoms with E-state index in [-0.39, 0.29) is 0 Å². The van der Waals surface area contributed by atoms with Crippen LogP contribution in [0, 0.1) is 0 Å². The standard InChI is InChI=1S/C13H19NO2/c1-15-11-3-4-13(16-2)12(9-11)10-5-7-14-8-6-10/h3-4,9-10,14H,5-8H2,1-2H3. The summed E-state index contributed by atoms with van der Waals surface area (Å²) in [4.78, 5) is 0. The van der Waals surface area contributed by atoms with Gasteiger partial charge >= 0.3 is 0 Å². The van der Waals surface area contributed by atoms with Crippen molar-refractivity contribution in [2.24, 2.45) is 0 Å². The molecule has 2 rings (SSSR count). The first-order valence-corrected chi connectivity index (χ1v) is 5.78. The monoisotopic (exact) mass is 221 g/mol. The Morgan fingerprint density at radius 1 is 1.12 bits per heavy atom. The molecule has 1 saturated heterocycles. The van der Waals surface area contributed by atoms with E-state index in [1.54, 1.807) is 14.2 Å². The van der Waals surface area contributed by atoms with Gasteiger partial charge in [0.15, 0.2) is 0 Å². The molecular formula is C13H19NO2. The molecule has 1 fully saturated rings. The third-order valence-electron chi connectivity index (χ3n) is 3.22. The highest BCUT2D eigenvalue weighted by Crippen LogP contribution is 2.35. The molecule has 1 aliphatic rings. The van der Waals surface area contributed by atoms with Crippen LogP contribution in [0.3, 0.4) is 0 Å². The molecule has 1 heterocycles. The van der Waals surface area contributed by atoms with Crippen molar-refractivity contribution in [1.82, 2.24) is 5.32 Å². The van der Waals surface area contributed by atoms with Crippen molar-refractivity contribution in [2.75, 3.05) is 27.3 Å². The van der Waals surface area contributed by atoms with Crippen LogP contribution in [0.15, 0.2) is 18.2 Å². The van der Waals surface area contributed by atoms with Crippen molar-refractivity contribution < 1.29 is 9.47 Å². The van der Waals surface area contributed by atoms with E-state index in [0.29, 0.717) is 5.92 Å². The molecule has 0 amide bonds. The van der Waals surface area contributed by atoms with E-state index in [0.717, 1.165) is 24.6 Å². The number of hydrogen-bond donors (Lipinski definition) is 1. The van der Waals surface area contributed by atoms with Crippen LogP contribution >= 0.6 is 0 Å². The van der Waals surface area contributed by atoms with Gasteiger partial charge in [0.05, 0.1) is 14.2 Å². The molecule has 1 N–H and O–H groups in total. The van der Waals surface area contributed by atoms with Gasteiger partial charge < -0.3 is 14.8 Å². The molecule has 0 bridgehead atoms. The van der Waals surface area contributed by atoms with Gasteiger partial charge in [-0.05, 0) is 50.0 Å². The molecule has 0 spiro atoms. The van der Waals surface area contributed by atoms with Gasteiger partial charge in [0.1, 0.15) is 11.5 Å². The number of piperidine rings is 1. The molecule has 1 aromatic rings. The molecule has 0 unspecified atom stereocenters. The van der Waals surface area contributed by atoms with Crippen LogP contribution in [0.25, 0.3) is 0 Å². The molecular weight excluding hydrogens is 202 g/mol. The van der Waals surface area contributed by atoms with Crippen LogP contribution in [0.2, 0.25) is 0 Å². The molecule has 88 valence electrons. The second kappa shape index (κ2) is 5.21. The summed E-state index contributed by atoms with van der Waals surface area (Å²) in [6.07, 6.45) is 2.34. The number of nitrogens with one attached hydrogen (secondary N) is 1. The molecule has 1 aliphatic heterocycles. The van der Waals surface area contributed by atoms with E-state index in [9.17, 15) is 0 Å². The van der Waals surface area contributed by atoms with Gasteiger partial charge in [0, 0.05) is 5.56 Å². The van der Waals surface area contributed by atoms with Crippen molar-refractivity contribution in [2.45, 2.75) is 18.8 Å². The Morgan fingerprint density at radius 3 is 2.50 bits per heavy atom. The minimum atomic E-state index is 0.589. The summed E-state index contributed by atoms with van der Waals surface area (Å²) < 4.78 is 10.7. The van der Waals surface area contributed by atoms with Crippen molar-refractivity contribution in [1.29, 1.82) is 0 Å². The minimum absolute atomic E-state index is 0.589. The Balaban J connectivity index is 2.27. The van der Waals surface area contributed by atoms with Crippen molar-refractivity contribution in [3.63, 3.8) is 0 Å². The van der Waals surface area contributed by atoms with Crippen LogP contribution in [0.1, 0.15) is 24.3 Å². The fraction of sp³-hybridized carbons (Fsp3) is 0.538. The minimum Gasteiger partial charge on any atom is -0.497 e. The van der Waals surface area contributed by atoms with Crippen LogP contribution in [-0.4, -0.2) is 27.3 Å². The molecule has 0 atom stereocenters. The lowest BCUT2D eigenvalue weighted by molar-refractivity contribution is 0.383. The number of ether oxygens (including phenoxy) is 2. The Labute approximate surface area is 96.8 Å². The predicted molar refractivity (Wildman–Crippen MR) is 64.4 cm³/mol. The summed E-state index contributed by atoms with van der Waals surface area (Å²) in [7, 11) is 3.43. The predicted octanol–water partition coefficient (Wildman–Crippen LogP) is 2.17. The number of hydrogen-bond acceptors (Lipinski definition) is 3. The molecule has 1 aromatic carbocycles. The number of methoxy groups -OCH3 is 2. The first-order valence-electron chi connectivity index (χ1n) is 5.78. The van der Waals surface area contributed by atoms with Crippen LogP contribution in [0.5, 0.6) is 11.5 Å². The molecule has 0 saturated carbocycles. The van der Waals surface area contributed by atoms with E-state index in [1.165, 1.54) is 18.4 Å². The van der Waals surface area contributed by atoms with Gasteiger partial charge in [-0.15, -0.1) is 0 Å². The summed E-state index contributed by atoms with van der Waals surface area (Å²) >= 11 is 0. The van der Waals surface area contributed by atoms with Gasteiger partial charge in [-0.3, -0.25) is 0 Å². The highest BCUT2D eigenvalue weighted by atomic mass is 16.5. The molecule has 16 heavy (non-hydrogen) atoms. The summed E-state index contributed by atoms with van der Waals surface area (Å²) in [6.45, 7) is 2.18. The Hall–Kier alpha value is -1.22. The smallest absolute Gasteiger partial charge is 0.122 e. The van der Waals surface area contributed by atoms with Crippen molar-refractivity contribution >= 4 is 0 Å². The van der Waals surface area contributed by atoms with E-state index in [1.807, 2.05) is 12.1 Å². The van der Waals surface area contributed by atoms with E-state index in [2.05, 4.69) is 11.4 Å². The summed E-state index contributed by atoms with van der Waals surface area (Å²) in [5, 5.41) is 3.38. The van der Waals surface area contributed by atoms with Crippen molar-refractivity contribution in [3.05, 3.63) is 23.8 Å². The van der Waals surface area contributed by atoms with Crippen molar-refractivity contribution in [3.8, 4) is 11.5 Å². The van der Waals surface area contributed by atoms with Gasteiger partial charge in [0.25, 0.3) is 0 Å². The van der Waals surface area contributed by atoms with Gasteiger partial charge in [0.2, 0.25) is 0 Å². The van der Waals surface area contributed by atoms with Gasteiger partial charge in [-0.2, -0.15) is 0 Å².